The third-order valence-corrected chi connectivity index (χ3v) is 5.57. The van der Waals surface area contributed by atoms with Crippen molar-refractivity contribution >= 4 is 17.5 Å². The molecule has 0 aliphatic carbocycles. The third kappa shape index (κ3) is 4.46. The Kier molecular flexibility index (Phi) is 5.92. The first-order chi connectivity index (χ1) is 16.6. The van der Waals surface area contributed by atoms with Gasteiger partial charge in [0.15, 0.2) is 5.76 Å². The molecule has 1 saturated heterocycles. The van der Waals surface area contributed by atoms with Gasteiger partial charge in [0.05, 0.1) is 19.5 Å². The second-order valence-corrected chi connectivity index (χ2v) is 7.87. The van der Waals surface area contributed by atoms with Crippen LogP contribution in [0.25, 0.3) is 22.8 Å². The van der Waals surface area contributed by atoms with Crippen molar-refractivity contribution in [3.05, 3.63) is 77.7 Å². The molecule has 1 fully saturated rings. The molecule has 0 bridgehead atoms. The topological polar surface area (TPSA) is 111 Å². The number of anilines is 1. The lowest BCUT2D eigenvalue weighted by Gasteiger charge is -2.26. The number of nitrogens with zero attached hydrogens (tertiary/aromatic N) is 3. The Morgan fingerprint density at radius 2 is 1.85 bits per heavy atom. The molecule has 5 rings (SSSR count). The maximum absolute atomic E-state index is 12.8. The van der Waals surface area contributed by atoms with Crippen molar-refractivity contribution in [3.63, 3.8) is 0 Å². The number of morpholine rings is 1. The minimum absolute atomic E-state index is 0.0515. The summed E-state index contributed by atoms with van der Waals surface area (Å²) < 4.78 is 16.0. The van der Waals surface area contributed by atoms with Crippen molar-refractivity contribution in [2.24, 2.45) is 0 Å². The van der Waals surface area contributed by atoms with Crippen molar-refractivity contribution in [2.45, 2.75) is 6.92 Å². The summed E-state index contributed by atoms with van der Waals surface area (Å²) in [7, 11) is 0. The van der Waals surface area contributed by atoms with Gasteiger partial charge in [0, 0.05) is 35.5 Å². The lowest BCUT2D eigenvalue weighted by Crippen LogP contribution is -2.40. The van der Waals surface area contributed by atoms with E-state index in [9.17, 15) is 9.59 Å². The van der Waals surface area contributed by atoms with E-state index in [1.807, 2.05) is 25.1 Å². The number of aryl methyl sites for hydroxylation is 1. The van der Waals surface area contributed by atoms with Crippen LogP contribution in [0.2, 0.25) is 0 Å². The average Bonchev–Trinajstić information content (AvgIpc) is 3.59. The van der Waals surface area contributed by atoms with Crippen molar-refractivity contribution in [2.75, 3.05) is 31.6 Å². The van der Waals surface area contributed by atoms with Crippen molar-refractivity contribution < 1.29 is 23.3 Å². The monoisotopic (exact) mass is 458 g/mol. The average molecular weight is 458 g/mol. The normalized spacial score (nSPS) is 13.6. The zero-order valence-electron chi connectivity index (χ0n) is 18.5. The molecule has 0 radical (unpaired) electrons. The first kappa shape index (κ1) is 21.6. The van der Waals surface area contributed by atoms with Gasteiger partial charge in [0.1, 0.15) is 0 Å². The molecule has 34 heavy (non-hydrogen) atoms. The lowest BCUT2D eigenvalue weighted by atomic mass is 10.1. The van der Waals surface area contributed by atoms with E-state index >= 15 is 0 Å². The molecule has 0 spiro atoms. The van der Waals surface area contributed by atoms with Gasteiger partial charge in [0.25, 0.3) is 17.7 Å². The molecule has 0 saturated carbocycles. The van der Waals surface area contributed by atoms with E-state index in [0.29, 0.717) is 60.4 Å². The van der Waals surface area contributed by atoms with Gasteiger partial charge in [-0.3, -0.25) is 9.59 Å². The molecular weight excluding hydrogens is 436 g/mol. The Balaban J connectivity index is 1.37. The number of nitrogens with one attached hydrogen (secondary N) is 1. The minimum atomic E-state index is -0.349. The van der Waals surface area contributed by atoms with Crippen molar-refractivity contribution in [3.8, 4) is 22.8 Å². The maximum Gasteiger partial charge on any atom is 0.291 e. The molecule has 1 N–H and O–H groups in total. The zero-order chi connectivity index (χ0) is 23.5. The van der Waals surface area contributed by atoms with E-state index in [1.54, 1.807) is 41.3 Å². The van der Waals surface area contributed by atoms with Crippen LogP contribution in [0.15, 0.2) is 69.8 Å². The smallest absolute Gasteiger partial charge is 0.291 e. The Morgan fingerprint density at radius 3 is 2.65 bits per heavy atom. The SMILES string of the molecule is Cc1ccc(-c2nc(-c3cccc(C(=O)N4CCOCC4)c3)no2)cc1NC(=O)c1ccco1. The summed E-state index contributed by atoms with van der Waals surface area (Å²) in [6, 6.07) is 15.9. The van der Waals surface area contributed by atoms with Crippen LogP contribution < -0.4 is 5.32 Å². The number of benzene rings is 2. The van der Waals surface area contributed by atoms with E-state index in [4.69, 9.17) is 13.7 Å². The molecule has 0 atom stereocenters. The van der Waals surface area contributed by atoms with Gasteiger partial charge in [-0.15, -0.1) is 0 Å². The minimum Gasteiger partial charge on any atom is -0.459 e. The molecule has 2 aromatic heterocycles. The molecule has 4 aromatic rings. The highest BCUT2D eigenvalue weighted by atomic mass is 16.5. The van der Waals surface area contributed by atoms with Gasteiger partial charge in [-0.2, -0.15) is 4.98 Å². The molecule has 3 heterocycles. The van der Waals surface area contributed by atoms with Crippen molar-refractivity contribution in [1.29, 1.82) is 0 Å². The Morgan fingerprint density at radius 1 is 1.00 bits per heavy atom. The van der Waals surface area contributed by atoms with E-state index in [-0.39, 0.29) is 17.6 Å². The highest BCUT2D eigenvalue weighted by molar-refractivity contribution is 6.03. The van der Waals surface area contributed by atoms with Crippen molar-refractivity contribution in [1.82, 2.24) is 15.0 Å². The number of aromatic nitrogens is 2. The number of amides is 2. The van der Waals surface area contributed by atoms with E-state index < -0.39 is 0 Å². The van der Waals surface area contributed by atoms with Gasteiger partial charge >= 0.3 is 0 Å². The third-order valence-electron chi connectivity index (χ3n) is 5.57. The van der Waals surface area contributed by atoms with E-state index in [2.05, 4.69) is 15.5 Å². The second-order valence-electron chi connectivity index (χ2n) is 7.87. The molecule has 1 aliphatic heterocycles. The van der Waals surface area contributed by atoms with Gasteiger partial charge in [-0.1, -0.05) is 23.4 Å². The predicted octanol–water partition coefficient (Wildman–Crippen LogP) is 4.03. The van der Waals surface area contributed by atoms with E-state index in [1.165, 1.54) is 6.26 Å². The van der Waals surface area contributed by atoms with Crippen LogP contribution in [-0.2, 0) is 4.74 Å². The molecule has 1 aliphatic rings. The Hall–Kier alpha value is -4.24. The first-order valence-electron chi connectivity index (χ1n) is 10.9. The molecule has 2 amide bonds. The summed E-state index contributed by atoms with van der Waals surface area (Å²) in [6.07, 6.45) is 1.45. The van der Waals surface area contributed by atoms with Crippen LogP contribution in [-0.4, -0.2) is 53.2 Å². The Bertz CT molecular complexity index is 1320. The standard InChI is InChI=1S/C25H22N4O5/c1-16-7-8-18(15-20(16)26-23(30)21-6-3-11-33-21)24-27-22(28-34-24)17-4-2-5-19(14-17)25(31)29-9-12-32-13-10-29/h2-8,11,14-15H,9-10,12-13H2,1H3,(H,26,30). The summed E-state index contributed by atoms with van der Waals surface area (Å²) in [5, 5.41) is 6.93. The number of hydrogen-bond donors (Lipinski definition) is 1. The fraction of sp³-hybridized carbons (Fsp3) is 0.200. The fourth-order valence-electron chi connectivity index (χ4n) is 3.68. The number of carbonyl (C=O) groups is 2. The van der Waals surface area contributed by atoms with Gasteiger partial charge in [-0.05, 0) is 48.9 Å². The molecule has 172 valence electrons. The number of ether oxygens (including phenoxy) is 1. The lowest BCUT2D eigenvalue weighted by molar-refractivity contribution is 0.0303. The van der Waals surface area contributed by atoms with Gasteiger partial charge in [-0.25, -0.2) is 0 Å². The number of furan rings is 1. The molecule has 9 nitrogen and oxygen atoms in total. The first-order valence-corrected chi connectivity index (χ1v) is 10.9. The van der Waals surface area contributed by atoms with Gasteiger partial charge < -0.3 is 23.9 Å². The molecule has 2 aromatic carbocycles. The Labute approximate surface area is 195 Å². The molecule has 0 unspecified atom stereocenters. The number of rotatable bonds is 5. The van der Waals surface area contributed by atoms with Crippen LogP contribution in [0.1, 0.15) is 26.5 Å². The quantitative estimate of drug-likeness (QED) is 0.481. The van der Waals surface area contributed by atoms with Crippen LogP contribution in [0.4, 0.5) is 5.69 Å². The number of carbonyl (C=O) groups excluding carboxylic acids is 2. The molecule has 9 heteroatoms. The second kappa shape index (κ2) is 9.32. The predicted molar refractivity (Wildman–Crippen MR) is 123 cm³/mol. The van der Waals surface area contributed by atoms with Crippen LogP contribution in [0, 0.1) is 6.92 Å². The summed E-state index contributed by atoms with van der Waals surface area (Å²) in [6.45, 7) is 4.11. The number of hydrogen-bond acceptors (Lipinski definition) is 7. The highest BCUT2D eigenvalue weighted by Crippen LogP contribution is 2.27. The zero-order valence-corrected chi connectivity index (χ0v) is 18.5. The summed E-state index contributed by atoms with van der Waals surface area (Å²) >= 11 is 0. The summed E-state index contributed by atoms with van der Waals surface area (Å²) in [5.41, 5.74) is 3.37. The summed E-state index contributed by atoms with van der Waals surface area (Å²) in [5.74, 6) is 0.487. The largest absolute Gasteiger partial charge is 0.459 e. The molecular formula is C25H22N4O5. The summed E-state index contributed by atoms with van der Waals surface area (Å²) in [4.78, 5) is 31.5. The maximum atomic E-state index is 12.8. The van der Waals surface area contributed by atoms with Crippen LogP contribution in [0.3, 0.4) is 0 Å². The highest BCUT2D eigenvalue weighted by Gasteiger charge is 2.20. The van der Waals surface area contributed by atoms with Gasteiger partial charge in [0.2, 0.25) is 5.82 Å². The van der Waals surface area contributed by atoms with Crippen LogP contribution in [0.5, 0.6) is 0 Å². The van der Waals surface area contributed by atoms with Crippen LogP contribution >= 0.6 is 0 Å². The fourth-order valence-corrected chi connectivity index (χ4v) is 3.68. The van der Waals surface area contributed by atoms with E-state index in [0.717, 1.165) is 5.56 Å².